The van der Waals surface area contributed by atoms with E-state index in [2.05, 4.69) is 6.58 Å². The molecule has 0 heterocycles. The van der Waals surface area contributed by atoms with Gasteiger partial charge in [-0.25, -0.2) is 0 Å². The minimum absolute atomic E-state index is 0.0234. The lowest BCUT2D eigenvalue weighted by Crippen LogP contribution is -2.13. The third kappa shape index (κ3) is 3.98. The lowest BCUT2D eigenvalue weighted by Gasteiger charge is -2.11. The van der Waals surface area contributed by atoms with E-state index in [0.29, 0.717) is 0 Å². The van der Waals surface area contributed by atoms with Gasteiger partial charge in [0.2, 0.25) is 0 Å². The summed E-state index contributed by atoms with van der Waals surface area (Å²) in [5.74, 6) is 0.0234. The Hall–Kier alpha value is -1.13. The maximum absolute atomic E-state index is 11.8. The van der Waals surface area contributed by atoms with Gasteiger partial charge in [-0.05, 0) is 26.0 Å². The molecule has 1 aromatic carbocycles. The highest BCUT2D eigenvalue weighted by atomic mass is 32.2. The zero-order valence-corrected chi connectivity index (χ0v) is 11.3. The van der Waals surface area contributed by atoms with Gasteiger partial charge in [-0.2, -0.15) is 8.42 Å². The molecule has 94 valence electrons. The second-order valence-corrected chi connectivity index (χ2v) is 5.91. The van der Waals surface area contributed by atoms with Crippen LogP contribution in [0.1, 0.15) is 19.4 Å². The fourth-order valence-electron chi connectivity index (χ4n) is 1.11. The Kier molecular flexibility index (Phi) is 4.48. The average Bonchev–Trinajstić information content (AvgIpc) is 2.26. The van der Waals surface area contributed by atoms with Crippen molar-refractivity contribution in [3.8, 4) is 0 Å². The maximum atomic E-state index is 11.8. The van der Waals surface area contributed by atoms with Crippen molar-refractivity contribution in [1.82, 2.24) is 0 Å². The third-order valence-electron chi connectivity index (χ3n) is 2.62. The zero-order chi connectivity index (χ0) is 13.1. The van der Waals surface area contributed by atoms with E-state index in [1.54, 1.807) is 24.3 Å². The molecule has 0 spiro atoms. The van der Waals surface area contributed by atoms with Crippen molar-refractivity contribution < 1.29 is 12.6 Å². The minimum atomic E-state index is -3.65. The van der Waals surface area contributed by atoms with Gasteiger partial charge in [-0.1, -0.05) is 36.8 Å². The van der Waals surface area contributed by atoms with Gasteiger partial charge in [0.1, 0.15) is 0 Å². The first kappa shape index (κ1) is 13.9. The Labute approximate surface area is 103 Å². The van der Waals surface area contributed by atoms with Crippen LogP contribution in [0.5, 0.6) is 0 Å². The number of hydrogen-bond acceptors (Lipinski definition) is 3. The molecule has 0 aliphatic heterocycles. The highest BCUT2D eigenvalue weighted by Gasteiger charge is 2.16. The SMILES string of the molecule is C=C(C)[C@@H](C)COS(=O)(=O)c1ccc(C)cc1. The molecule has 0 fully saturated rings. The van der Waals surface area contributed by atoms with Crippen LogP contribution in [0.25, 0.3) is 0 Å². The Morgan fingerprint density at radius 3 is 2.35 bits per heavy atom. The van der Waals surface area contributed by atoms with E-state index in [-0.39, 0.29) is 17.4 Å². The Morgan fingerprint density at radius 2 is 1.88 bits per heavy atom. The molecular formula is C13H18O3S. The standard InChI is InChI=1S/C13H18O3S/c1-10(2)12(4)9-16-17(14,15)13-7-5-11(3)6-8-13/h5-8,12H,1,9H2,2-4H3/t12-/m0/s1. The van der Waals surface area contributed by atoms with Crippen LogP contribution in [-0.2, 0) is 14.3 Å². The molecule has 4 heteroatoms. The Balaban J connectivity index is 2.76. The summed E-state index contributed by atoms with van der Waals surface area (Å²) in [5.41, 5.74) is 1.92. The highest BCUT2D eigenvalue weighted by molar-refractivity contribution is 7.86. The molecule has 0 N–H and O–H groups in total. The van der Waals surface area contributed by atoms with E-state index in [0.717, 1.165) is 11.1 Å². The first-order chi connectivity index (χ1) is 7.83. The first-order valence-corrected chi connectivity index (χ1v) is 6.85. The van der Waals surface area contributed by atoms with E-state index in [4.69, 9.17) is 4.18 Å². The summed E-state index contributed by atoms with van der Waals surface area (Å²) in [6.45, 7) is 9.53. The number of benzene rings is 1. The largest absolute Gasteiger partial charge is 0.296 e. The fourth-order valence-corrected chi connectivity index (χ4v) is 2.10. The summed E-state index contributed by atoms with van der Waals surface area (Å²) >= 11 is 0. The normalized spacial score (nSPS) is 13.4. The van der Waals surface area contributed by atoms with Crippen LogP contribution in [0, 0.1) is 12.8 Å². The van der Waals surface area contributed by atoms with E-state index in [1.807, 2.05) is 20.8 Å². The summed E-state index contributed by atoms with van der Waals surface area (Å²) in [4.78, 5) is 0.192. The van der Waals surface area contributed by atoms with Crippen molar-refractivity contribution in [1.29, 1.82) is 0 Å². The van der Waals surface area contributed by atoms with Gasteiger partial charge >= 0.3 is 0 Å². The van der Waals surface area contributed by atoms with Crippen LogP contribution in [0.3, 0.4) is 0 Å². The quantitative estimate of drug-likeness (QED) is 0.599. The van der Waals surface area contributed by atoms with Crippen molar-refractivity contribution in [3.63, 3.8) is 0 Å². The Morgan fingerprint density at radius 1 is 1.35 bits per heavy atom. The molecule has 3 nitrogen and oxygen atoms in total. The second-order valence-electron chi connectivity index (χ2n) is 4.30. The molecule has 1 rings (SSSR count). The summed E-state index contributed by atoms with van der Waals surface area (Å²) < 4.78 is 28.6. The van der Waals surface area contributed by atoms with Crippen LogP contribution >= 0.6 is 0 Å². The summed E-state index contributed by atoms with van der Waals surface area (Å²) in [6, 6.07) is 6.60. The first-order valence-electron chi connectivity index (χ1n) is 5.44. The van der Waals surface area contributed by atoms with Crippen molar-refractivity contribution >= 4 is 10.1 Å². The van der Waals surface area contributed by atoms with E-state index in [9.17, 15) is 8.42 Å². The molecule has 1 atom stereocenters. The van der Waals surface area contributed by atoms with Crippen LogP contribution < -0.4 is 0 Å². The van der Waals surface area contributed by atoms with Gasteiger partial charge in [0.25, 0.3) is 10.1 Å². The summed E-state index contributed by atoms with van der Waals surface area (Å²) in [5, 5.41) is 0. The predicted molar refractivity (Wildman–Crippen MR) is 68.3 cm³/mol. The maximum Gasteiger partial charge on any atom is 0.296 e. The lowest BCUT2D eigenvalue weighted by atomic mass is 10.1. The van der Waals surface area contributed by atoms with Crippen LogP contribution in [0.2, 0.25) is 0 Å². The number of rotatable bonds is 5. The molecule has 1 aromatic rings. The lowest BCUT2D eigenvalue weighted by molar-refractivity contribution is 0.283. The molecule has 0 saturated heterocycles. The van der Waals surface area contributed by atoms with Gasteiger partial charge in [0.05, 0.1) is 11.5 Å². The average molecular weight is 254 g/mol. The summed E-state index contributed by atoms with van der Waals surface area (Å²) in [7, 11) is -3.65. The van der Waals surface area contributed by atoms with Gasteiger partial charge in [0, 0.05) is 5.92 Å². The van der Waals surface area contributed by atoms with Gasteiger partial charge in [0.15, 0.2) is 0 Å². The van der Waals surface area contributed by atoms with Gasteiger partial charge in [-0.15, -0.1) is 0 Å². The van der Waals surface area contributed by atoms with E-state index >= 15 is 0 Å². The molecule has 0 aliphatic carbocycles. The molecule has 0 bridgehead atoms. The third-order valence-corrected chi connectivity index (χ3v) is 3.92. The zero-order valence-electron chi connectivity index (χ0n) is 10.4. The van der Waals surface area contributed by atoms with Crippen molar-refractivity contribution in [3.05, 3.63) is 42.0 Å². The molecule has 0 radical (unpaired) electrons. The van der Waals surface area contributed by atoms with E-state index < -0.39 is 10.1 Å². The molecule has 0 unspecified atom stereocenters. The van der Waals surface area contributed by atoms with Crippen LogP contribution in [0.15, 0.2) is 41.3 Å². The molecule has 0 aliphatic rings. The van der Waals surface area contributed by atoms with Gasteiger partial charge in [-0.3, -0.25) is 4.18 Å². The summed E-state index contributed by atoms with van der Waals surface area (Å²) in [6.07, 6.45) is 0. The molecule has 17 heavy (non-hydrogen) atoms. The number of aryl methyl sites for hydroxylation is 1. The molecule has 0 aromatic heterocycles. The van der Waals surface area contributed by atoms with Gasteiger partial charge < -0.3 is 0 Å². The molecule has 0 amide bonds. The Bertz CT molecular complexity index is 486. The van der Waals surface area contributed by atoms with E-state index in [1.165, 1.54) is 0 Å². The highest BCUT2D eigenvalue weighted by Crippen LogP contribution is 2.16. The molecular weight excluding hydrogens is 236 g/mol. The number of hydrogen-bond donors (Lipinski definition) is 0. The van der Waals surface area contributed by atoms with Crippen molar-refractivity contribution in [2.24, 2.45) is 5.92 Å². The van der Waals surface area contributed by atoms with Crippen molar-refractivity contribution in [2.75, 3.05) is 6.61 Å². The van der Waals surface area contributed by atoms with Crippen molar-refractivity contribution in [2.45, 2.75) is 25.7 Å². The molecule has 0 saturated carbocycles. The smallest absolute Gasteiger partial charge is 0.266 e. The second kappa shape index (κ2) is 5.47. The van der Waals surface area contributed by atoms with Crippen LogP contribution in [-0.4, -0.2) is 15.0 Å². The topological polar surface area (TPSA) is 43.4 Å². The predicted octanol–water partition coefficient (Wildman–Crippen LogP) is 2.91. The minimum Gasteiger partial charge on any atom is -0.266 e. The monoisotopic (exact) mass is 254 g/mol. The fraction of sp³-hybridized carbons (Fsp3) is 0.385. The van der Waals surface area contributed by atoms with Crippen LogP contribution in [0.4, 0.5) is 0 Å².